The Balaban J connectivity index is 2.37. The zero-order valence-electron chi connectivity index (χ0n) is 20.4. The average Bonchev–Trinajstić information content (AvgIpc) is 3.04. The molecule has 32 heavy (non-hydrogen) atoms. The number of hydrogen-bond acceptors (Lipinski definition) is 6. The second-order valence-corrected chi connectivity index (χ2v) is 10.5. The van der Waals surface area contributed by atoms with Crippen LogP contribution in [0.1, 0.15) is 70.4 Å². The van der Waals surface area contributed by atoms with Crippen LogP contribution in [0.3, 0.4) is 0 Å². The van der Waals surface area contributed by atoms with Gasteiger partial charge in [-0.2, -0.15) is 0 Å². The van der Waals surface area contributed by atoms with Crippen molar-refractivity contribution in [1.82, 2.24) is 4.98 Å². The monoisotopic (exact) mass is 445 g/mol. The highest BCUT2D eigenvalue weighted by atomic mass is 16.6. The molecule has 0 amide bonds. The van der Waals surface area contributed by atoms with Gasteiger partial charge in [0.05, 0.1) is 23.3 Å². The maximum atomic E-state index is 13.0. The van der Waals surface area contributed by atoms with Gasteiger partial charge in [0.1, 0.15) is 5.52 Å². The molecule has 0 aliphatic carbocycles. The lowest BCUT2D eigenvalue weighted by atomic mass is 9.82. The summed E-state index contributed by atoms with van der Waals surface area (Å²) in [6.07, 6.45) is 0.885. The summed E-state index contributed by atoms with van der Waals surface area (Å²) in [6.45, 7) is 15.2. The summed E-state index contributed by atoms with van der Waals surface area (Å²) in [4.78, 5) is 30.1. The molecule has 0 bridgehead atoms. The zero-order valence-corrected chi connectivity index (χ0v) is 20.4. The molecule has 1 saturated heterocycles. The van der Waals surface area contributed by atoms with Gasteiger partial charge in [-0.25, -0.2) is 4.79 Å². The largest absolute Gasteiger partial charge is 0.467 e. The number of nitrogens with one attached hydrogen (secondary N) is 1. The highest BCUT2D eigenvalue weighted by Gasteiger charge is 2.39. The summed E-state index contributed by atoms with van der Waals surface area (Å²) in [6, 6.07) is 1.92. The van der Waals surface area contributed by atoms with Gasteiger partial charge < -0.3 is 19.4 Å². The van der Waals surface area contributed by atoms with Crippen molar-refractivity contribution >= 4 is 28.2 Å². The topological polar surface area (TPSA) is 97.7 Å². The van der Waals surface area contributed by atoms with Crippen molar-refractivity contribution < 1.29 is 19.2 Å². The van der Waals surface area contributed by atoms with E-state index in [-0.39, 0.29) is 16.0 Å². The maximum absolute atomic E-state index is 13.0. The van der Waals surface area contributed by atoms with E-state index >= 15 is 0 Å². The lowest BCUT2D eigenvalue weighted by Gasteiger charge is -2.40. The van der Waals surface area contributed by atoms with Crippen molar-refractivity contribution in [2.75, 3.05) is 25.1 Å². The van der Waals surface area contributed by atoms with Crippen molar-refractivity contribution in [3.05, 3.63) is 33.0 Å². The first-order valence-corrected chi connectivity index (χ1v) is 11.1. The number of rotatable bonds is 5. The van der Waals surface area contributed by atoms with Crippen LogP contribution in [0.5, 0.6) is 0 Å². The minimum absolute atomic E-state index is 0.0319. The molecule has 8 heteroatoms. The molecule has 1 unspecified atom stereocenters. The van der Waals surface area contributed by atoms with Crippen molar-refractivity contribution in [2.24, 2.45) is 5.41 Å². The van der Waals surface area contributed by atoms with Crippen molar-refractivity contribution in [2.45, 2.75) is 73.0 Å². The summed E-state index contributed by atoms with van der Waals surface area (Å²) >= 11 is 0. The van der Waals surface area contributed by atoms with Crippen LogP contribution in [0.15, 0.2) is 6.07 Å². The van der Waals surface area contributed by atoms with Crippen LogP contribution in [-0.4, -0.2) is 41.7 Å². The summed E-state index contributed by atoms with van der Waals surface area (Å²) in [5.74, 6) is -0.567. The maximum Gasteiger partial charge on any atom is 0.339 e. The molecule has 1 aromatic heterocycles. The third kappa shape index (κ3) is 4.60. The highest BCUT2D eigenvalue weighted by molar-refractivity contribution is 6.03. The number of aromatic nitrogens is 1. The minimum Gasteiger partial charge on any atom is -0.467 e. The number of piperidine rings is 1. The van der Waals surface area contributed by atoms with Crippen molar-refractivity contribution in [3.8, 4) is 0 Å². The SMILES string of the molecule is COC(=O)C(OC(C)(C)C)c1c(C)c([N+](=O)[O-])c2[nH]c(C)cc2c1N1CCC(C)(C)CC1. The van der Waals surface area contributed by atoms with Crippen LogP contribution < -0.4 is 4.90 Å². The first-order chi connectivity index (χ1) is 14.8. The quantitative estimate of drug-likeness (QED) is 0.378. The lowest BCUT2D eigenvalue weighted by Crippen LogP contribution is -2.39. The number of aryl methyl sites for hydroxylation is 1. The zero-order chi connectivity index (χ0) is 24.0. The van der Waals surface area contributed by atoms with Gasteiger partial charge in [0.25, 0.3) is 5.69 Å². The molecule has 176 valence electrons. The Morgan fingerprint density at radius 3 is 2.34 bits per heavy atom. The number of ether oxygens (including phenoxy) is 2. The molecule has 1 N–H and O–H groups in total. The van der Waals surface area contributed by atoms with E-state index in [1.54, 1.807) is 6.92 Å². The molecule has 0 saturated carbocycles. The first-order valence-electron chi connectivity index (χ1n) is 11.1. The predicted molar refractivity (Wildman–Crippen MR) is 125 cm³/mol. The van der Waals surface area contributed by atoms with Gasteiger partial charge in [0.2, 0.25) is 0 Å². The number of benzene rings is 1. The van der Waals surface area contributed by atoms with Crippen LogP contribution in [0.25, 0.3) is 10.9 Å². The fourth-order valence-electron chi connectivity index (χ4n) is 4.51. The predicted octanol–water partition coefficient (Wildman–Crippen LogP) is 5.35. The number of nitro groups is 1. The van der Waals surface area contributed by atoms with Crippen molar-refractivity contribution in [3.63, 3.8) is 0 Å². The molecule has 3 rings (SSSR count). The van der Waals surface area contributed by atoms with Gasteiger partial charge >= 0.3 is 5.97 Å². The normalized spacial score (nSPS) is 17.4. The first kappa shape index (κ1) is 24.0. The third-order valence-corrected chi connectivity index (χ3v) is 6.22. The number of esters is 1. The second kappa shape index (κ2) is 8.39. The van der Waals surface area contributed by atoms with Gasteiger partial charge in [0.15, 0.2) is 6.10 Å². The molecule has 0 radical (unpaired) electrons. The summed E-state index contributed by atoms with van der Waals surface area (Å²) in [5, 5.41) is 12.9. The van der Waals surface area contributed by atoms with E-state index in [0.29, 0.717) is 16.6 Å². The lowest BCUT2D eigenvalue weighted by molar-refractivity contribution is -0.383. The molecule has 1 atom stereocenters. The fraction of sp³-hybridized carbons (Fsp3) is 0.625. The van der Waals surface area contributed by atoms with E-state index in [2.05, 4.69) is 23.7 Å². The van der Waals surface area contributed by atoms with Crippen LogP contribution >= 0.6 is 0 Å². The van der Waals surface area contributed by atoms with Crippen LogP contribution in [-0.2, 0) is 14.3 Å². The van der Waals surface area contributed by atoms with E-state index in [1.807, 2.05) is 33.8 Å². The Morgan fingerprint density at radius 1 is 1.25 bits per heavy atom. The van der Waals surface area contributed by atoms with E-state index in [9.17, 15) is 14.9 Å². The summed E-state index contributed by atoms with van der Waals surface area (Å²) in [7, 11) is 1.31. The summed E-state index contributed by atoms with van der Waals surface area (Å²) < 4.78 is 11.3. The van der Waals surface area contributed by atoms with Crippen molar-refractivity contribution in [1.29, 1.82) is 0 Å². The van der Waals surface area contributed by atoms with Gasteiger partial charge in [0, 0.05) is 35.3 Å². The number of fused-ring (bicyclic) bond motifs is 1. The van der Waals surface area contributed by atoms with Crippen LogP contribution in [0.2, 0.25) is 0 Å². The standard InChI is InChI=1S/C24H35N3O5/c1-14-13-16-18(25-14)19(27(29)30)15(2)17(21(22(28)31-8)32-23(3,4)5)20(16)26-11-9-24(6,7)10-12-26/h13,21,25H,9-12H2,1-8H3. The Kier molecular flexibility index (Phi) is 6.30. The molecule has 8 nitrogen and oxygen atoms in total. The van der Waals surface area contributed by atoms with Gasteiger partial charge in [-0.05, 0) is 58.9 Å². The number of nitro benzene ring substituents is 1. The van der Waals surface area contributed by atoms with Crippen LogP contribution in [0.4, 0.5) is 11.4 Å². The second-order valence-electron chi connectivity index (χ2n) is 10.5. The number of hydrogen-bond donors (Lipinski definition) is 1. The Labute approximate surface area is 189 Å². The number of carbonyl (C=O) groups is 1. The molecule has 1 aliphatic rings. The third-order valence-electron chi connectivity index (χ3n) is 6.22. The summed E-state index contributed by atoms with van der Waals surface area (Å²) in [5.41, 5.74) is 2.59. The number of carbonyl (C=O) groups excluding carboxylic acids is 1. The van der Waals surface area contributed by atoms with E-state index in [1.165, 1.54) is 7.11 Å². The van der Waals surface area contributed by atoms with Gasteiger partial charge in [-0.15, -0.1) is 0 Å². The number of H-pyrrole nitrogens is 1. The molecule has 2 heterocycles. The average molecular weight is 446 g/mol. The Hall–Kier alpha value is -2.61. The smallest absolute Gasteiger partial charge is 0.339 e. The molecular formula is C24H35N3O5. The minimum atomic E-state index is -1.08. The highest BCUT2D eigenvalue weighted by Crippen LogP contribution is 2.47. The number of anilines is 1. The van der Waals surface area contributed by atoms with Gasteiger partial charge in [-0.1, -0.05) is 13.8 Å². The fourth-order valence-corrected chi connectivity index (χ4v) is 4.51. The van der Waals surface area contributed by atoms with E-state index in [4.69, 9.17) is 9.47 Å². The van der Waals surface area contributed by atoms with E-state index < -0.39 is 17.7 Å². The number of aromatic amines is 1. The van der Waals surface area contributed by atoms with Gasteiger partial charge in [-0.3, -0.25) is 10.1 Å². The number of nitrogens with zero attached hydrogens (tertiary/aromatic N) is 2. The molecular weight excluding hydrogens is 410 g/mol. The Morgan fingerprint density at radius 2 is 1.84 bits per heavy atom. The molecule has 0 spiro atoms. The Bertz CT molecular complexity index is 1040. The molecule has 1 aliphatic heterocycles. The molecule has 2 aromatic rings. The number of methoxy groups -OCH3 is 1. The van der Waals surface area contributed by atoms with Crippen LogP contribution in [0, 0.1) is 29.4 Å². The molecule has 1 fully saturated rings. The molecule has 1 aromatic carbocycles. The van der Waals surface area contributed by atoms with E-state index in [0.717, 1.165) is 42.7 Å².